The predicted molar refractivity (Wildman–Crippen MR) is 100 cm³/mol. The Morgan fingerprint density at radius 1 is 1.20 bits per heavy atom. The van der Waals surface area contributed by atoms with Crippen LogP contribution in [0.2, 0.25) is 0 Å². The molecule has 3 rings (SSSR count). The van der Waals surface area contributed by atoms with Crippen molar-refractivity contribution in [3.8, 4) is 11.6 Å². The van der Waals surface area contributed by atoms with Gasteiger partial charge in [0.2, 0.25) is 5.88 Å². The van der Waals surface area contributed by atoms with Crippen LogP contribution in [0.1, 0.15) is 37.7 Å². The summed E-state index contributed by atoms with van der Waals surface area (Å²) in [6.45, 7) is 0.497. The van der Waals surface area contributed by atoms with E-state index in [1.54, 1.807) is 18.3 Å². The second kappa shape index (κ2) is 8.76. The molecule has 0 bridgehead atoms. The molecular formula is C19H22FN3OS. The van der Waals surface area contributed by atoms with E-state index in [-0.39, 0.29) is 5.82 Å². The van der Waals surface area contributed by atoms with Crippen molar-refractivity contribution in [3.63, 3.8) is 0 Å². The molecule has 0 unspecified atom stereocenters. The van der Waals surface area contributed by atoms with Gasteiger partial charge in [-0.25, -0.2) is 9.37 Å². The molecule has 1 aromatic carbocycles. The van der Waals surface area contributed by atoms with Crippen molar-refractivity contribution in [2.24, 2.45) is 0 Å². The van der Waals surface area contributed by atoms with Gasteiger partial charge in [0.05, 0.1) is 0 Å². The lowest BCUT2D eigenvalue weighted by atomic mass is 9.96. The molecule has 2 N–H and O–H groups in total. The van der Waals surface area contributed by atoms with Crippen LogP contribution in [0.15, 0.2) is 42.6 Å². The van der Waals surface area contributed by atoms with Crippen molar-refractivity contribution in [1.82, 2.24) is 15.6 Å². The molecule has 132 valence electrons. The Bertz CT molecular complexity index is 719. The monoisotopic (exact) mass is 359 g/mol. The van der Waals surface area contributed by atoms with E-state index < -0.39 is 0 Å². The zero-order valence-corrected chi connectivity index (χ0v) is 14.8. The molecule has 25 heavy (non-hydrogen) atoms. The van der Waals surface area contributed by atoms with Crippen LogP contribution in [0.4, 0.5) is 4.39 Å². The molecule has 1 aromatic heterocycles. The second-order valence-corrected chi connectivity index (χ2v) is 6.60. The lowest BCUT2D eigenvalue weighted by Crippen LogP contribution is -2.42. The van der Waals surface area contributed by atoms with Crippen LogP contribution in [-0.4, -0.2) is 16.1 Å². The number of benzene rings is 1. The van der Waals surface area contributed by atoms with Gasteiger partial charge < -0.3 is 15.4 Å². The lowest BCUT2D eigenvalue weighted by Gasteiger charge is -2.24. The normalized spacial score (nSPS) is 14.8. The molecule has 0 saturated heterocycles. The Morgan fingerprint density at radius 2 is 2.04 bits per heavy atom. The molecule has 2 aromatic rings. The molecule has 1 aliphatic carbocycles. The molecule has 1 aliphatic rings. The summed E-state index contributed by atoms with van der Waals surface area (Å²) in [5.74, 6) is 0.523. The fraction of sp³-hybridized carbons (Fsp3) is 0.368. The fourth-order valence-electron chi connectivity index (χ4n) is 2.95. The molecule has 0 atom stereocenters. The third-order valence-electron chi connectivity index (χ3n) is 4.24. The second-order valence-electron chi connectivity index (χ2n) is 6.19. The van der Waals surface area contributed by atoms with Gasteiger partial charge in [-0.2, -0.15) is 0 Å². The maximum absolute atomic E-state index is 13.3. The maximum atomic E-state index is 13.3. The van der Waals surface area contributed by atoms with Crippen molar-refractivity contribution in [1.29, 1.82) is 0 Å². The van der Waals surface area contributed by atoms with E-state index in [1.165, 1.54) is 44.2 Å². The SMILES string of the molecule is Fc1cccc(Oc2ncccc2CNC(=S)NC2CCCCC2)c1. The number of thiocarbonyl (C=S) groups is 1. The zero-order chi connectivity index (χ0) is 17.5. The Kier molecular flexibility index (Phi) is 6.17. The Balaban J connectivity index is 1.58. The predicted octanol–water partition coefficient (Wildman–Crippen LogP) is 4.31. The van der Waals surface area contributed by atoms with Crippen LogP contribution in [-0.2, 0) is 6.54 Å². The fourth-order valence-corrected chi connectivity index (χ4v) is 3.19. The van der Waals surface area contributed by atoms with Gasteiger partial charge in [0.1, 0.15) is 11.6 Å². The lowest BCUT2D eigenvalue weighted by molar-refractivity contribution is 0.411. The van der Waals surface area contributed by atoms with Crippen LogP contribution in [0.25, 0.3) is 0 Å². The highest BCUT2D eigenvalue weighted by Crippen LogP contribution is 2.23. The smallest absolute Gasteiger partial charge is 0.224 e. The number of hydrogen-bond donors (Lipinski definition) is 2. The van der Waals surface area contributed by atoms with Crippen LogP contribution in [0, 0.1) is 5.82 Å². The number of halogens is 1. The first kappa shape index (κ1) is 17.6. The van der Waals surface area contributed by atoms with Crippen molar-refractivity contribution in [3.05, 3.63) is 54.0 Å². The number of rotatable bonds is 5. The molecule has 1 fully saturated rings. The van der Waals surface area contributed by atoms with Crippen molar-refractivity contribution >= 4 is 17.3 Å². The van der Waals surface area contributed by atoms with E-state index in [0.717, 1.165) is 5.56 Å². The van der Waals surface area contributed by atoms with Crippen molar-refractivity contribution in [2.45, 2.75) is 44.7 Å². The number of nitrogens with zero attached hydrogens (tertiary/aromatic N) is 1. The number of nitrogens with one attached hydrogen (secondary N) is 2. The van der Waals surface area contributed by atoms with Crippen LogP contribution < -0.4 is 15.4 Å². The molecule has 4 nitrogen and oxygen atoms in total. The van der Waals surface area contributed by atoms with Gasteiger partial charge in [0, 0.05) is 30.4 Å². The third kappa shape index (κ3) is 5.39. The Hall–Kier alpha value is -2.21. The zero-order valence-electron chi connectivity index (χ0n) is 14.0. The summed E-state index contributed by atoms with van der Waals surface area (Å²) >= 11 is 5.39. The Labute approximate surface area is 152 Å². The van der Waals surface area contributed by atoms with Gasteiger partial charge in [-0.3, -0.25) is 0 Å². The highest BCUT2D eigenvalue weighted by atomic mass is 32.1. The van der Waals surface area contributed by atoms with Gasteiger partial charge in [-0.1, -0.05) is 31.4 Å². The minimum atomic E-state index is -0.342. The largest absolute Gasteiger partial charge is 0.439 e. The quantitative estimate of drug-likeness (QED) is 0.779. The number of ether oxygens (including phenoxy) is 1. The molecular weight excluding hydrogens is 337 g/mol. The molecule has 0 spiro atoms. The van der Waals surface area contributed by atoms with Gasteiger partial charge in [0.15, 0.2) is 5.11 Å². The van der Waals surface area contributed by atoms with Crippen molar-refractivity contribution in [2.75, 3.05) is 0 Å². The summed E-state index contributed by atoms with van der Waals surface area (Å²) in [5.41, 5.74) is 0.861. The molecule has 0 radical (unpaired) electrons. The minimum absolute atomic E-state index is 0.342. The van der Waals surface area contributed by atoms with E-state index in [2.05, 4.69) is 15.6 Å². The third-order valence-corrected chi connectivity index (χ3v) is 4.50. The molecule has 1 saturated carbocycles. The van der Waals surface area contributed by atoms with E-state index in [4.69, 9.17) is 17.0 Å². The first-order chi connectivity index (χ1) is 12.2. The van der Waals surface area contributed by atoms with Crippen LogP contribution in [0.5, 0.6) is 11.6 Å². The minimum Gasteiger partial charge on any atom is -0.439 e. The molecule has 0 aliphatic heterocycles. The first-order valence-electron chi connectivity index (χ1n) is 8.62. The summed E-state index contributed by atoms with van der Waals surface area (Å²) in [6, 6.07) is 10.2. The topological polar surface area (TPSA) is 46.2 Å². The summed E-state index contributed by atoms with van der Waals surface area (Å²) in [6.07, 6.45) is 7.82. The van der Waals surface area contributed by atoms with Gasteiger partial charge in [-0.05, 0) is 43.3 Å². The van der Waals surface area contributed by atoms with Gasteiger partial charge in [0.25, 0.3) is 0 Å². The molecule has 6 heteroatoms. The number of pyridine rings is 1. The summed E-state index contributed by atoms with van der Waals surface area (Å²) in [5, 5.41) is 7.23. The van der Waals surface area contributed by atoms with Crippen LogP contribution in [0.3, 0.4) is 0 Å². The Morgan fingerprint density at radius 3 is 2.84 bits per heavy atom. The maximum Gasteiger partial charge on any atom is 0.224 e. The van der Waals surface area contributed by atoms with E-state index in [0.29, 0.717) is 29.3 Å². The van der Waals surface area contributed by atoms with E-state index >= 15 is 0 Å². The van der Waals surface area contributed by atoms with E-state index in [9.17, 15) is 4.39 Å². The molecule has 1 heterocycles. The highest BCUT2D eigenvalue weighted by Gasteiger charge is 2.14. The summed E-state index contributed by atoms with van der Waals surface area (Å²) in [7, 11) is 0. The van der Waals surface area contributed by atoms with Gasteiger partial charge in [-0.15, -0.1) is 0 Å². The first-order valence-corrected chi connectivity index (χ1v) is 9.03. The average molecular weight is 359 g/mol. The number of aromatic nitrogens is 1. The standard InChI is InChI=1S/C19H22FN3OS/c20-15-7-4-10-17(12-15)24-18-14(6-5-11-21-18)13-22-19(25)23-16-8-2-1-3-9-16/h4-7,10-12,16H,1-3,8-9,13H2,(H2,22,23,25). The molecule has 0 amide bonds. The number of hydrogen-bond acceptors (Lipinski definition) is 3. The average Bonchev–Trinajstić information content (AvgIpc) is 2.62. The summed E-state index contributed by atoms with van der Waals surface area (Å²) in [4.78, 5) is 4.25. The summed E-state index contributed by atoms with van der Waals surface area (Å²) < 4.78 is 19.0. The van der Waals surface area contributed by atoms with Crippen molar-refractivity contribution < 1.29 is 9.13 Å². The highest BCUT2D eigenvalue weighted by molar-refractivity contribution is 7.80. The van der Waals surface area contributed by atoms with E-state index in [1.807, 2.05) is 12.1 Å². The van der Waals surface area contributed by atoms with Crippen LogP contribution >= 0.6 is 12.2 Å². The van der Waals surface area contributed by atoms with Gasteiger partial charge >= 0.3 is 0 Å².